The first-order valence-electron chi connectivity index (χ1n) is 7.73. The molecule has 0 bridgehead atoms. The molecule has 0 spiro atoms. The quantitative estimate of drug-likeness (QED) is 0.798. The zero-order valence-corrected chi connectivity index (χ0v) is 12.4. The summed E-state index contributed by atoms with van der Waals surface area (Å²) in [6, 6.07) is 4.01. The van der Waals surface area contributed by atoms with Gasteiger partial charge < -0.3 is 9.84 Å². The first-order chi connectivity index (χ1) is 9.21. The molecule has 0 amide bonds. The van der Waals surface area contributed by atoms with Gasteiger partial charge in [-0.3, -0.25) is 0 Å². The predicted molar refractivity (Wildman–Crippen MR) is 79.1 cm³/mol. The van der Waals surface area contributed by atoms with Crippen molar-refractivity contribution in [1.82, 2.24) is 0 Å². The van der Waals surface area contributed by atoms with E-state index in [0.717, 1.165) is 37.0 Å². The number of aromatic hydroxyl groups is 1. The number of ether oxygens (including phenoxy) is 1. The maximum Gasteiger partial charge on any atom is 0.123 e. The molecular weight excluding hydrogens is 236 g/mol. The first-order valence-corrected chi connectivity index (χ1v) is 7.73. The van der Waals surface area contributed by atoms with Crippen LogP contribution in [0.15, 0.2) is 12.1 Å². The number of hydrogen-bond donors (Lipinski definition) is 1. The van der Waals surface area contributed by atoms with E-state index in [2.05, 4.69) is 26.8 Å². The van der Waals surface area contributed by atoms with Crippen molar-refractivity contribution in [3.63, 3.8) is 0 Å². The topological polar surface area (TPSA) is 29.5 Å². The molecular formula is C17H26O2. The van der Waals surface area contributed by atoms with Crippen molar-refractivity contribution in [2.24, 2.45) is 0 Å². The van der Waals surface area contributed by atoms with Gasteiger partial charge in [0.1, 0.15) is 17.6 Å². The van der Waals surface area contributed by atoms with Gasteiger partial charge in [0, 0.05) is 11.5 Å². The van der Waals surface area contributed by atoms with Crippen LogP contribution >= 0.6 is 0 Å². The van der Waals surface area contributed by atoms with Gasteiger partial charge in [0.05, 0.1) is 0 Å². The van der Waals surface area contributed by atoms with Crippen LogP contribution in [0, 0.1) is 0 Å². The highest BCUT2D eigenvalue weighted by molar-refractivity contribution is 5.50. The Balaban J connectivity index is 2.28. The minimum Gasteiger partial charge on any atom is -0.508 e. The molecule has 1 aliphatic heterocycles. The molecule has 0 aliphatic carbocycles. The van der Waals surface area contributed by atoms with E-state index >= 15 is 0 Å². The van der Waals surface area contributed by atoms with Crippen LogP contribution in [0.3, 0.4) is 0 Å². The largest absolute Gasteiger partial charge is 0.508 e. The highest BCUT2D eigenvalue weighted by atomic mass is 16.5. The van der Waals surface area contributed by atoms with E-state index in [4.69, 9.17) is 4.74 Å². The minimum absolute atomic E-state index is 0.290. The monoisotopic (exact) mass is 262 g/mol. The van der Waals surface area contributed by atoms with E-state index in [-0.39, 0.29) is 6.10 Å². The van der Waals surface area contributed by atoms with Crippen molar-refractivity contribution >= 4 is 0 Å². The summed E-state index contributed by atoms with van der Waals surface area (Å²) in [4.78, 5) is 0. The molecule has 1 heterocycles. The second-order valence-corrected chi connectivity index (χ2v) is 5.58. The fourth-order valence-electron chi connectivity index (χ4n) is 3.07. The van der Waals surface area contributed by atoms with Gasteiger partial charge in [0.2, 0.25) is 0 Å². The Hall–Kier alpha value is -1.18. The molecule has 2 rings (SSSR count). The summed E-state index contributed by atoms with van der Waals surface area (Å²) >= 11 is 0. The van der Waals surface area contributed by atoms with Crippen molar-refractivity contribution in [3.8, 4) is 11.5 Å². The molecule has 0 aromatic heterocycles. The smallest absolute Gasteiger partial charge is 0.123 e. The maximum atomic E-state index is 10.2. The van der Waals surface area contributed by atoms with E-state index in [1.165, 1.54) is 18.4 Å². The van der Waals surface area contributed by atoms with Gasteiger partial charge in [0.15, 0.2) is 0 Å². The van der Waals surface area contributed by atoms with Gasteiger partial charge in [-0.25, -0.2) is 0 Å². The van der Waals surface area contributed by atoms with E-state index < -0.39 is 0 Å². The second-order valence-electron chi connectivity index (χ2n) is 5.58. The van der Waals surface area contributed by atoms with Crippen molar-refractivity contribution < 1.29 is 9.84 Å². The molecule has 0 unspecified atom stereocenters. The summed E-state index contributed by atoms with van der Waals surface area (Å²) < 4.78 is 6.10. The SMILES string of the molecule is CCCC[C@H]1c2cc(O)c(CCC)cc2O[C@H]1CC. The number of rotatable bonds is 6. The van der Waals surface area contributed by atoms with Crippen LogP contribution in [-0.4, -0.2) is 11.2 Å². The fraction of sp³-hybridized carbons (Fsp3) is 0.647. The maximum absolute atomic E-state index is 10.2. The summed E-state index contributed by atoms with van der Waals surface area (Å²) in [5.74, 6) is 1.91. The fourth-order valence-corrected chi connectivity index (χ4v) is 3.07. The average molecular weight is 262 g/mol. The normalized spacial score (nSPS) is 21.2. The molecule has 0 radical (unpaired) electrons. The summed E-state index contributed by atoms with van der Waals surface area (Å²) in [6.07, 6.45) is 6.88. The molecule has 1 aromatic carbocycles. The summed E-state index contributed by atoms with van der Waals surface area (Å²) in [6.45, 7) is 6.54. The standard InChI is InChI=1S/C17H26O2/c1-4-7-9-13-14-11-15(18)12(8-5-2)10-17(14)19-16(13)6-3/h10-11,13,16,18H,4-9H2,1-3H3/t13-,16-/m0/s1. The van der Waals surface area contributed by atoms with Crippen molar-refractivity contribution in [2.75, 3.05) is 0 Å². The summed E-state index contributed by atoms with van der Waals surface area (Å²) in [7, 11) is 0. The molecule has 2 nitrogen and oxygen atoms in total. The van der Waals surface area contributed by atoms with Crippen LogP contribution in [0.25, 0.3) is 0 Å². The Morgan fingerprint density at radius 1 is 1.16 bits per heavy atom. The zero-order valence-electron chi connectivity index (χ0n) is 12.4. The van der Waals surface area contributed by atoms with Crippen LogP contribution in [0.2, 0.25) is 0 Å². The van der Waals surface area contributed by atoms with Crippen molar-refractivity contribution in [3.05, 3.63) is 23.3 Å². The summed E-state index contributed by atoms with van der Waals surface area (Å²) in [5.41, 5.74) is 2.24. The zero-order chi connectivity index (χ0) is 13.8. The minimum atomic E-state index is 0.290. The van der Waals surface area contributed by atoms with Crippen LogP contribution in [0.1, 0.15) is 69.9 Å². The van der Waals surface area contributed by atoms with Gasteiger partial charge in [-0.1, -0.05) is 40.0 Å². The number of phenolic OH excluding ortho intramolecular Hbond substituents is 1. The molecule has 106 valence electrons. The molecule has 1 N–H and O–H groups in total. The Morgan fingerprint density at radius 2 is 1.95 bits per heavy atom. The lowest BCUT2D eigenvalue weighted by Crippen LogP contribution is -2.17. The molecule has 0 saturated heterocycles. The Bertz CT molecular complexity index is 426. The summed E-state index contributed by atoms with van der Waals surface area (Å²) in [5, 5.41) is 10.2. The number of phenols is 1. The lowest BCUT2D eigenvalue weighted by molar-refractivity contribution is 0.194. The molecule has 19 heavy (non-hydrogen) atoms. The molecule has 1 aromatic rings. The lowest BCUT2D eigenvalue weighted by Gasteiger charge is -2.17. The van der Waals surface area contributed by atoms with Crippen LogP contribution < -0.4 is 4.74 Å². The van der Waals surface area contributed by atoms with Gasteiger partial charge in [-0.15, -0.1) is 0 Å². The molecule has 2 atom stereocenters. The number of aryl methyl sites for hydroxylation is 1. The average Bonchev–Trinajstić information content (AvgIpc) is 2.74. The van der Waals surface area contributed by atoms with Gasteiger partial charge in [-0.2, -0.15) is 0 Å². The molecule has 0 saturated carbocycles. The number of benzene rings is 1. The van der Waals surface area contributed by atoms with Crippen molar-refractivity contribution in [2.45, 2.75) is 71.3 Å². The Kier molecular flexibility index (Phi) is 4.73. The third-order valence-electron chi connectivity index (χ3n) is 4.13. The van der Waals surface area contributed by atoms with Gasteiger partial charge in [-0.05, 0) is 37.0 Å². The van der Waals surface area contributed by atoms with Gasteiger partial charge >= 0.3 is 0 Å². The Morgan fingerprint density at radius 3 is 2.58 bits per heavy atom. The molecule has 0 fully saturated rings. The number of unbranched alkanes of at least 4 members (excludes halogenated alkanes) is 1. The molecule has 2 heteroatoms. The number of fused-ring (bicyclic) bond motifs is 1. The van der Waals surface area contributed by atoms with Crippen molar-refractivity contribution in [1.29, 1.82) is 0 Å². The van der Waals surface area contributed by atoms with Crippen LogP contribution in [-0.2, 0) is 6.42 Å². The van der Waals surface area contributed by atoms with Crippen LogP contribution in [0.5, 0.6) is 11.5 Å². The van der Waals surface area contributed by atoms with Crippen LogP contribution in [0.4, 0.5) is 0 Å². The lowest BCUT2D eigenvalue weighted by atomic mass is 9.88. The predicted octanol–water partition coefficient (Wildman–Crippen LogP) is 4.79. The van der Waals surface area contributed by atoms with E-state index in [1.54, 1.807) is 0 Å². The highest BCUT2D eigenvalue weighted by Crippen LogP contribution is 2.45. The van der Waals surface area contributed by atoms with E-state index in [9.17, 15) is 5.11 Å². The second kappa shape index (κ2) is 6.31. The van der Waals surface area contributed by atoms with E-state index in [0.29, 0.717) is 11.7 Å². The Labute approximate surface area is 116 Å². The van der Waals surface area contributed by atoms with E-state index in [1.807, 2.05) is 6.07 Å². The third kappa shape index (κ3) is 2.88. The number of hydrogen-bond acceptors (Lipinski definition) is 2. The molecule has 1 aliphatic rings. The first kappa shape index (κ1) is 14.2. The van der Waals surface area contributed by atoms with Gasteiger partial charge in [0.25, 0.3) is 0 Å². The highest BCUT2D eigenvalue weighted by Gasteiger charge is 2.33. The third-order valence-corrected chi connectivity index (χ3v) is 4.13.